The molecule has 21 heavy (non-hydrogen) atoms. The predicted octanol–water partition coefficient (Wildman–Crippen LogP) is 4.19. The van der Waals surface area contributed by atoms with Crippen LogP contribution in [0.1, 0.15) is 18.1 Å². The van der Waals surface area contributed by atoms with Gasteiger partial charge in [-0.3, -0.25) is 0 Å². The number of aryl methyl sites for hydroxylation is 1. The Bertz CT molecular complexity index is 596. The van der Waals surface area contributed by atoms with Crippen LogP contribution in [0.5, 0.6) is 11.5 Å². The number of hydrogen-bond acceptors (Lipinski definition) is 3. The lowest BCUT2D eigenvalue weighted by atomic mass is 10.1. The van der Waals surface area contributed by atoms with Gasteiger partial charge in [0.25, 0.3) is 0 Å². The predicted molar refractivity (Wildman–Crippen MR) is 87.5 cm³/mol. The summed E-state index contributed by atoms with van der Waals surface area (Å²) in [6.07, 6.45) is 0.0428. The molecule has 3 heteroatoms. The smallest absolute Gasteiger partial charge is 0.161 e. The van der Waals surface area contributed by atoms with Crippen molar-refractivity contribution >= 4 is 5.69 Å². The van der Waals surface area contributed by atoms with Gasteiger partial charge in [0, 0.05) is 5.69 Å². The Morgan fingerprint density at radius 2 is 1.71 bits per heavy atom. The van der Waals surface area contributed by atoms with E-state index in [4.69, 9.17) is 9.47 Å². The first kappa shape index (κ1) is 15.2. The van der Waals surface area contributed by atoms with Crippen molar-refractivity contribution in [2.75, 3.05) is 19.0 Å². The third kappa shape index (κ3) is 3.91. The average molecular weight is 285 g/mol. The molecule has 2 aromatic rings. The van der Waals surface area contributed by atoms with E-state index in [2.05, 4.69) is 37.4 Å². The summed E-state index contributed by atoms with van der Waals surface area (Å²) in [5.41, 5.74) is 3.73. The summed E-state index contributed by atoms with van der Waals surface area (Å²) < 4.78 is 11.2. The van der Waals surface area contributed by atoms with Gasteiger partial charge in [-0.15, -0.1) is 0 Å². The molecule has 0 heterocycles. The third-order valence-corrected chi connectivity index (χ3v) is 3.58. The highest BCUT2D eigenvalue weighted by Crippen LogP contribution is 2.27. The van der Waals surface area contributed by atoms with Crippen LogP contribution in [0.3, 0.4) is 0 Å². The molecule has 112 valence electrons. The summed E-state index contributed by atoms with van der Waals surface area (Å²) in [7, 11) is 1.65. The normalized spacial score (nSPS) is 11.8. The van der Waals surface area contributed by atoms with Crippen LogP contribution in [0.2, 0.25) is 0 Å². The first-order valence-electron chi connectivity index (χ1n) is 7.21. The van der Waals surface area contributed by atoms with Crippen LogP contribution in [-0.4, -0.2) is 19.8 Å². The average Bonchev–Trinajstić information content (AvgIpc) is 2.49. The molecule has 0 amide bonds. The number of ether oxygens (including phenoxy) is 2. The van der Waals surface area contributed by atoms with Gasteiger partial charge in [-0.2, -0.15) is 0 Å². The fraction of sp³-hybridized carbons (Fsp3) is 0.333. The van der Waals surface area contributed by atoms with Crippen molar-refractivity contribution in [3.05, 3.63) is 53.6 Å². The molecule has 1 N–H and O–H groups in total. The zero-order valence-corrected chi connectivity index (χ0v) is 13.1. The lowest BCUT2D eigenvalue weighted by Gasteiger charge is -2.19. The lowest BCUT2D eigenvalue weighted by Crippen LogP contribution is -2.23. The summed E-state index contributed by atoms with van der Waals surface area (Å²) in [5.74, 6) is 1.53. The van der Waals surface area contributed by atoms with Crippen LogP contribution in [-0.2, 0) is 0 Å². The highest BCUT2D eigenvalue weighted by Gasteiger charge is 2.09. The molecule has 0 aliphatic carbocycles. The molecule has 0 saturated carbocycles. The number of benzene rings is 2. The van der Waals surface area contributed by atoms with Crippen molar-refractivity contribution in [3.8, 4) is 11.5 Å². The Morgan fingerprint density at radius 1 is 1.00 bits per heavy atom. The van der Waals surface area contributed by atoms with E-state index in [1.54, 1.807) is 7.11 Å². The van der Waals surface area contributed by atoms with Crippen LogP contribution in [0, 0.1) is 13.8 Å². The number of hydrogen-bond donors (Lipinski definition) is 1. The Kier molecular flexibility index (Phi) is 5.09. The quantitative estimate of drug-likeness (QED) is 0.863. The van der Waals surface area contributed by atoms with Crippen LogP contribution in [0.25, 0.3) is 0 Å². The van der Waals surface area contributed by atoms with Crippen molar-refractivity contribution in [1.29, 1.82) is 0 Å². The van der Waals surface area contributed by atoms with Crippen molar-refractivity contribution in [2.24, 2.45) is 0 Å². The van der Waals surface area contributed by atoms with Crippen molar-refractivity contribution in [1.82, 2.24) is 0 Å². The van der Waals surface area contributed by atoms with Gasteiger partial charge >= 0.3 is 0 Å². The van der Waals surface area contributed by atoms with Gasteiger partial charge in [-0.1, -0.05) is 24.3 Å². The van der Waals surface area contributed by atoms with Gasteiger partial charge in [0.2, 0.25) is 0 Å². The van der Waals surface area contributed by atoms with Gasteiger partial charge in [0.15, 0.2) is 11.5 Å². The van der Waals surface area contributed by atoms with E-state index in [1.807, 2.05) is 31.2 Å². The largest absolute Gasteiger partial charge is 0.493 e. The van der Waals surface area contributed by atoms with E-state index in [0.29, 0.717) is 0 Å². The monoisotopic (exact) mass is 285 g/mol. The topological polar surface area (TPSA) is 30.5 Å². The molecule has 0 aromatic heterocycles. The van der Waals surface area contributed by atoms with E-state index in [1.165, 1.54) is 11.1 Å². The minimum absolute atomic E-state index is 0.0428. The van der Waals surface area contributed by atoms with E-state index >= 15 is 0 Å². The molecule has 1 atom stereocenters. The van der Waals surface area contributed by atoms with E-state index in [9.17, 15) is 0 Å². The Labute approximate surface area is 126 Å². The second kappa shape index (κ2) is 7.02. The third-order valence-electron chi connectivity index (χ3n) is 3.58. The number of methoxy groups -OCH3 is 1. The summed E-state index contributed by atoms with van der Waals surface area (Å²) >= 11 is 0. The summed E-state index contributed by atoms with van der Waals surface area (Å²) in [5, 5.41) is 3.45. The Hall–Kier alpha value is -2.16. The molecule has 3 nitrogen and oxygen atoms in total. The number of rotatable bonds is 6. The fourth-order valence-corrected chi connectivity index (χ4v) is 2.17. The molecule has 2 aromatic carbocycles. The van der Waals surface area contributed by atoms with Gasteiger partial charge in [-0.05, 0) is 50.1 Å². The lowest BCUT2D eigenvalue weighted by molar-refractivity contribution is 0.223. The molecular formula is C18H23NO2. The van der Waals surface area contributed by atoms with E-state index < -0.39 is 0 Å². The maximum atomic E-state index is 5.94. The maximum Gasteiger partial charge on any atom is 0.161 e. The highest BCUT2D eigenvalue weighted by atomic mass is 16.5. The zero-order chi connectivity index (χ0) is 15.2. The van der Waals surface area contributed by atoms with Crippen LogP contribution >= 0.6 is 0 Å². The minimum atomic E-state index is 0.0428. The molecule has 0 fully saturated rings. The van der Waals surface area contributed by atoms with Crippen molar-refractivity contribution < 1.29 is 9.47 Å². The second-order valence-electron chi connectivity index (χ2n) is 5.21. The summed E-state index contributed by atoms with van der Waals surface area (Å²) in [6, 6.07) is 14.0. The minimum Gasteiger partial charge on any atom is -0.493 e. The molecule has 0 aliphatic rings. The molecular weight excluding hydrogens is 262 g/mol. The number of para-hydroxylation sites is 2. The first-order valence-corrected chi connectivity index (χ1v) is 7.21. The van der Waals surface area contributed by atoms with Gasteiger partial charge < -0.3 is 14.8 Å². The fourth-order valence-electron chi connectivity index (χ4n) is 2.17. The first-order chi connectivity index (χ1) is 10.1. The van der Waals surface area contributed by atoms with Crippen LogP contribution in [0.15, 0.2) is 42.5 Å². The Balaban J connectivity index is 1.96. The second-order valence-corrected chi connectivity index (χ2v) is 5.21. The zero-order valence-electron chi connectivity index (χ0n) is 13.1. The molecule has 0 saturated heterocycles. The van der Waals surface area contributed by atoms with Crippen LogP contribution < -0.4 is 14.8 Å². The molecule has 0 bridgehead atoms. The Morgan fingerprint density at radius 3 is 2.43 bits per heavy atom. The molecule has 0 spiro atoms. The molecule has 0 aliphatic heterocycles. The molecule has 1 unspecified atom stereocenters. The van der Waals surface area contributed by atoms with Gasteiger partial charge in [-0.25, -0.2) is 0 Å². The van der Waals surface area contributed by atoms with Gasteiger partial charge in [0.05, 0.1) is 13.7 Å². The van der Waals surface area contributed by atoms with Crippen molar-refractivity contribution in [2.45, 2.75) is 26.9 Å². The number of nitrogens with one attached hydrogen (secondary N) is 1. The van der Waals surface area contributed by atoms with E-state index in [-0.39, 0.29) is 6.10 Å². The maximum absolute atomic E-state index is 5.94. The summed E-state index contributed by atoms with van der Waals surface area (Å²) in [6.45, 7) is 7.03. The standard InChI is InChI=1S/C18H23NO2/c1-13-8-7-9-16(15(13)3)19-12-14(2)21-18-11-6-5-10-17(18)20-4/h5-11,14,19H,12H2,1-4H3. The van der Waals surface area contributed by atoms with Gasteiger partial charge in [0.1, 0.15) is 6.10 Å². The van der Waals surface area contributed by atoms with E-state index in [0.717, 1.165) is 23.7 Å². The van der Waals surface area contributed by atoms with Crippen LogP contribution in [0.4, 0.5) is 5.69 Å². The van der Waals surface area contributed by atoms with Crippen molar-refractivity contribution in [3.63, 3.8) is 0 Å². The summed E-state index contributed by atoms with van der Waals surface area (Å²) in [4.78, 5) is 0. The molecule has 0 radical (unpaired) electrons. The molecule has 2 rings (SSSR count). The highest BCUT2D eigenvalue weighted by molar-refractivity contribution is 5.53. The SMILES string of the molecule is COc1ccccc1OC(C)CNc1cccc(C)c1C. The number of anilines is 1.